The molecule has 2 aromatic rings. The fourth-order valence-corrected chi connectivity index (χ4v) is 3.77. The largest absolute Gasteiger partial charge is 0.353 e. The maximum Gasteiger partial charge on any atom is 0.242 e. The number of carbonyl (C=O) groups is 2. The molecule has 4 rings (SSSR count). The summed E-state index contributed by atoms with van der Waals surface area (Å²) in [6.07, 6.45) is 6.03. The molecular weight excluding hydrogens is 314 g/mol. The van der Waals surface area contributed by atoms with Gasteiger partial charge in [-0.3, -0.25) is 9.59 Å². The van der Waals surface area contributed by atoms with E-state index in [1.54, 1.807) is 0 Å². The van der Waals surface area contributed by atoms with Crippen molar-refractivity contribution in [3.8, 4) is 0 Å². The molecule has 1 aliphatic heterocycles. The molecule has 1 saturated carbocycles. The minimum Gasteiger partial charge on any atom is -0.353 e. The summed E-state index contributed by atoms with van der Waals surface area (Å²) in [5.74, 6) is 0.174. The van der Waals surface area contributed by atoms with Crippen molar-refractivity contribution in [3.05, 3.63) is 36.0 Å². The molecule has 1 aromatic heterocycles. The number of aromatic nitrogens is 1. The molecule has 0 radical (unpaired) electrons. The highest BCUT2D eigenvalue weighted by Gasteiger charge is 2.31. The Morgan fingerprint density at radius 3 is 2.80 bits per heavy atom. The number of nitrogens with one attached hydrogen (secondary N) is 1. The van der Waals surface area contributed by atoms with Crippen molar-refractivity contribution in [2.24, 2.45) is 5.92 Å². The Hall–Kier alpha value is -2.30. The molecule has 132 valence electrons. The Morgan fingerprint density at radius 2 is 2.00 bits per heavy atom. The first-order chi connectivity index (χ1) is 12.1. The van der Waals surface area contributed by atoms with E-state index < -0.39 is 0 Å². The van der Waals surface area contributed by atoms with E-state index in [0.717, 1.165) is 37.7 Å². The van der Waals surface area contributed by atoms with E-state index in [-0.39, 0.29) is 17.7 Å². The topological polar surface area (TPSA) is 54.3 Å². The second-order valence-electron chi connectivity index (χ2n) is 7.42. The molecule has 1 saturated heterocycles. The first-order valence-electron chi connectivity index (χ1n) is 9.24. The van der Waals surface area contributed by atoms with Gasteiger partial charge < -0.3 is 14.8 Å². The van der Waals surface area contributed by atoms with Gasteiger partial charge >= 0.3 is 0 Å². The minimum atomic E-state index is -0.0542. The number of carbonyl (C=O) groups excluding carboxylic acids is 2. The number of likely N-dealkylation sites (tertiary alicyclic amines) is 1. The number of nitrogens with zero attached hydrogens (tertiary/aromatic N) is 2. The number of aryl methyl sites for hydroxylation is 1. The van der Waals surface area contributed by atoms with Gasteiger partial charge in [-0.05, 0) is 44.2 Å². The fourth-order valence-electron chi connectivity index (χ4n) is 3.77. The number of amides is 2. The lowest BCUT2D eigenvalue weighted by atomic mass is 9.97. The van der Waals surface area contributed by atoms with Crippen LogP contribution in [0.15, 0.2) is 30.5 Å². The second kappa shape index (κ2) is 6.54. The molecule has 2 aliphatic rings. The zero-order valence-electron chi connectivity index (χ0n) is 14.7. The van der Waals surface area contributed by atoms with Crippen LogP contribution in [0.3, 0.4) is 0 Å². The smallest absolute Gasteiger partial charge is 0.242 e. The number of hydrogen-bond acceptors (Lipinski definition) is 2. The van der Waals surface area contributed by atoms with Gasteiger partial charge in [0, 0.05) is 36.2 Å². The highest BCUT2D eigenvalue weighted by atomic mass is 16.2. The van der Waals surface area contributed by atoms with Gasteiger partial charge in [0.25, 0.3) is 0 Å². The summed E-state index contributed by atoms with van der Waals surface area (Å²) in [5, 5.41) is 4.27. The average Bonchev–Trinajstić information content (AvgIpc) is 3.39. The second-order valence-corrected chi connectivity index (χ2v) is 7.42. The van der Waals surface area contributed by atoms with Crippen LogP contribution in [-0.2, 0) is 16.1 Å². The van der Waals surface area contributed by atoms with E-state index >= 15 is 0 Å². The van der Waals surface area contributed by atoms with Crippen LogP contribution < -0.4 is 5.32 Å². The Kier molecular flexibility index (Phi) is 4.24. The third-order valence-electron chi connectivity index (χ3n) is 5.36. The molecule has 5 nitrogen and oxygen atoms in total. The summed E-state index contributed by atoms with van der Waals surface area (Å²) in [6, 6.07) is 8.55. The van der Waals surface area contributed by atoms with Gasteiger partial charge in [-0.25, -0.2) is 0 Å². The average molecular weight is 339 g/mol. The molecule has 0 spiro atoms. The predicted octanol–water partition coefficient (Wildman–Crippen LogP) is 2.47. The van der Waals surface area contributed by atoms with Crippen molar-refractivity contribution >= 4 is 22.7 Å². The fraction of sp³-hybridized carbons (Fsp3) is 0.500. The van der Waals surface area contributed by atoms with Crippen molar-refractivity contribution < 1.29 is 9.59 Å². The van der Waals surface area contributed by atoms with Crippen molar-refractivity contribution in [3.63, 3.8) is 0 Å². The van der Waals surface area contributed by atoms with Crippen LogP contribution in [0.1, 0.15) is 31.2 Å². The summed E-state index contributed by atoms with van der Waals surface area (Å²) >= 11 is 0. The molecule has 0 unspecified atom stereocenters. The molecule has 1 aromatic carbocycles. The van der Waals surface area contributed by atoms with Gasteiger partial charge in [0.1, 0.15) is 6.54 Å². The molecule has 0 bridgehead atoms. The lowest BCUT2D eigenvalue weighted by Gasteiger charge is -2.32. The molecule has 1 atom stereocenters. The Balaban J connectivity index is 1.43. The van der Waals surface area contributed by atoms with Crippen LogP contribution in [-0.4, -0.2) is 40.4 Å². The van der Waals surface area contributed by atoms with Gasteiger partial charge in [0.2, 0.25) is 11.8 Å². The van der Waals surface area contributed by atoms with Crippen LogP contribution in [0.25, 0.3) is 10.9 Å². The quantitative estimate of drug-likeness (QED) is 0.930. The van der Waals surface area contributed by atoms with E-state index in [4.69, 9.17) is 0 Å². The summed E-state index contributed by atoms with van der Waals surface area (Å²) in [6.45, 7) is 3.72. The molecule has 5 heteroatoms. The maximum atomic E-state index is 12.8. The SMILES string of the molecule is Cc1cn(CC(=O)N2CCC[C@H](C(=O)NC3CC3)C2)c2ccccc12. The summed E-state index contributed by atoms with van der Waals surface area (Å²) in [7, 11) is 0. The molecule has 1 aliphatic carbocycles. The molecule has 1 N–H and O–H groups in total. The lowest BCUT2D eigenvalue weighted by Crippen LogP contribution is -2.46. The Bertz CT molecular complexity index is 806. The molecule has 2 amide bonds. The summed E-state index contributed by atoms with van der Waals surface area (Å²) < 4.78 is 2.03. The van der Waals surface area contributed by atoms with Crippen LogP contribution in [0.2, 0.25) is 0 Å². The Labute approximate surface area is 148 Å². The highest BCUT2D eigenvalue weighted by Crippen LogP contribution is 2.23. The van der Waals surface area contributed by atoms with Crippen molar-refractivity contribution in [1.82, 2.24) is 14.8 Å². The number of hydrogen-bond donors (Lipinski definition) is 1. The number of para-hydroxylation sites is 1. The van der Waals surface area contributed by atoms with Crippen LogP contribution in [0.5, 0.6) is 0 Å². The lowest BCUT2D eigenvalue weighted by molar-refractivity contribution is -0.136. The van der Waals surface area contributed by atoms with Gasteiger partial charge in [-0.15, -0.1) is 0 Å². The van der Waals surface area contributed by atoms with Crippen molar-refractivity contribution in [1.29, 1.82) is 0 Å². The zero-order valence-corrected chi connectivity index (χ0v) is 14.7. The minimum absolute atomic E-state index is 0.0542. The zero-order chi connectivity index (χ0) is 17.4. The number of piperidine rings is 1. The van der Waals surface area contributed by atoms with E-state index in [0.29, 0.717) is 19.1 Å². The normalized spacial score (nSPS) is 20.7. The first-order valence-corrected chi connectivity index (χ1v) is 9.24. The van der Waals surface area contributed by atoms with E-state index in [1.807, 2.05) is 27.8 Å². The van der Waals surface area contributed by atoms with E-state index in [1.165, 1.54) is 10.9 Å². The van der Waals surface area contributed by atoms with Crippen LogP contribution in [0, 0.1) is 12.8 Å². The first kappa shape index (κ1) is 16.2. The van der Waals surface area contributed by atoms with Gasteiger partial charge in [0.05, 0.1) is 5.92 Å². The number of fused-ring (bicyclic) bond motifs is 1. The van der Waals surface area contributed by atoms with E-state index in [9.17, 15) is 9.59 Å². The van der Waals surface area contributed by atoms with Crippen LogP contribution in [0.4, 0.5) is 0 Å². The third kappa shape index (κ3) is 3.41. The predicted molar refractivity (Wildman–Crippen MR) is 97.1 cm³/mol. The van der Waals surface area contributed by atoms with E-state index in [2.05, 4.69) is 24.4 Å². The summed E-state index contributed by atoms with van der Waals surface area (Å²) in [4.78, 5) is 27.0. The van der Waals surface area contributed by atoms with Gasteiger partial charge in [-0.2, -0.15) is 0 Å². The molecular formula is C20H25N3O2. The summed E-state index contributed by atoms with van der Waals surface area (Å²) in [5.41, 5.74) is 2.28. The van der Waals surface area contributed by atoms with Gasteiger partial charge in [-0.1, -0.05) is 18.2 Å². The Morgan fingerprint density at radius 1 is 1.20 bits per heavy atom. The number of benzene rings is 1. The van der Waals surface area contributed by atoms with Crippen LogP contribution >= 0.6 is 0 Å². The molecule has 2 heterocycles. The monoisotopic (exact) mass is 339 g/mol. The van der Waals surface area contributed by atoms with Crippen molar-refractivity contribution in [2.45, 2.75) is 45.2 Å². The standard InChI is InChI=1S/C20H25N3O2/c1-14-11-23(18-7-3-2-6-17(14)18)13-19(24)22-10-4-5-15(12-22)20(25)21-16-8-9-16/h2-3,6-7,11,15-16H,4-5,8-10,12-13H2,1H3,(H,21,25)/t15-/m0/s1. The van der Waals surface area contributed by atoms with Gasteiger partial charge in [0.15, 0.2) is 0 Å². The highest BCUT2D eigenvalue weighted by molar-refractivity contribution is 5.86. The third-order valence-corrected chi connectivity index (χ3v) is 5.36. The maximum absolute atomic E-state index is 12.8. The van der Waals surface area contributed by atoms with Crippen molar-refractivity contribution in [2.75, 3.05) is 13.1 Å². The number of rotatable bonds is 4. The molecule has 2 fully saturated rings. The molecule has 25 heavy (non-hydrogen) atoms.